The molecule has 0 saturated carbocycles. The maximum Gasteiger partial charge on any atom is 0.142 e. The van der Waals surface area contributed by atoms with Gasteiger partial charge in [0.05, 0.1) is 6.04 Å². The summed E-state index contributed by atoms with van der Waals surface area (Å²) in [7, 11) is 0. The van der Waals surface area contributed by atoms with E-state index in [1.165, 1.54) is 11.3 Å². The van der Waals surface area contributed by atoms with Crippen LogP contribution in [0.2, 0.25) is 0 Å². The van der Waals surface area contributed by atoms with Gasteiger partial charge in [-0.2, -0.15) is 0 Å². The third-order valence-electron chi connectivity index (χ3n) is 2.62. The van der Waals surface area contributed by atoms with Gasteiger partial charge in [0.25, 0.3) is 0 Å². The number of carbonyl (C=O) groups excluding carboxylic acids is 1. The lowest BCUT2D eigenvalue weighted by molar-refractivity contribution is -0.110. The van der Waals surface area contributed by atoms with E-state index >= 15 is 0 Å². The second-order valence-corrected chi connectivity index (χ2v) is 4.85. The summed E-state index contributed by atoms with van der Waals surface area (Å²) in [6.07, 6.45) is 2.97. The number of aromatic nitrogens is 1. The van der Waals surface area contributed by atoms with E-state index in [0.29, 0.717) is 0 Å². The van der Waals surface area contributed by atoms with Crippen molar-refractivity contribution < 1.29 is 4.79 Å². The summed E-state index contributed by atoms with van der Waals surface area (Å²) in [6, 6.07) is 2.04. The molecule has 14 heavy (non-hydrogen) atoms. The van der Waals surface area contributed by atoms with Crippen molar-refractivity contribution in [2.75, 3.05) is 0 Å². The zero-order chi connectivity index (χ0) is 10.9. The Hall–Kier alpha value is -1.05. The molecule has 0 aliphatic carbocycles. The molecule has 1 heterocycles. The summed E-state index contributed by atoms with van der Waals surface area (Å²) in [5, 5.41) is 0. The molecule has 1 aromatic heterocycles. The molecular formula is C12H19NO. The first-order valence-corrected chi connectivity index (χ1v) is 5.01. The van der Waals surface area contributed by atoms with Crippen molar-refractivity contribution in [3.8, 4) is 0 Å². The Kier molecular flexibility index (Phi) is 2.84. The Bertz CT molecular complexity index is 331. The molecule has 0 amide bonds. The van der Waals surface area contributed by atoms with E-state index in [-0.39, 0.29) is 11.5 Å². The van der Waals surface area contributed by atoms with Gasteiger partial charge in [0.15, 0.2) is 0 Å². The van der Waals surface area contributed by atoms with Gasteiger partial charge in [-0.05, 0) is 30.9 Å². The van der Waals surface area contributed by atoms with Crippen molar-refractivity contribution in [2.24, 2.45) is 0 Å². The average molecular weight is 193 g/mol. The van der Waals surface area contributed by atoms with Crippen molar-refractivity contribution in [1.82, 2.24) is 4.57 Å². The Balaban J connectivity index is 3.15. The first-order chi connectivity index (χ1) is 6.38. The fourth-order valence-electron chi connectivity index (χ4n) is 1.83. The van der Waals surface area contributed by atoms with Crippen LogP contribution in [0, 0.1) is 6.92 Å². The molecule has 0 N–H and O–H groups in total. The lowest BCUT2D eigenvalue weighted by atomic mass is 9.87. The van der Waals surface area contributed by atoms with Gasteiger partial charge < -0.3 is 9.36 Å². The van der Waals surface area contributed by atoms with Gasteiger partial charge in [0, 0.05) is 11.9 Å². The van der Waals surface area contributed by atoms with Crippen LogP contribution in [-0.2, 0) is 10.2 Å². The van der Waals surface area contributed by atoms with Crippen molar-refractivity contribution in [3.63, 3.8) is 0 Å². The number of nitrogens with zero attached hydrogens (tertiary/aromatic N) is 1. The van der Waals surface area contributed by atoms with E-state index in [1.807, 2.05) is 17.7 Å². The number of aldehydes is 1. The topological polar surface area (TPSA) is 22.0 Å². The van der Waals surface area contributed by atoms with Crippen molar-refractivity contribution in [2.45, 2.75) is 46.1 Å². The fourth-order valence-corrected chi connectivity index (χ4v) is 1.83. The predicted octanol–water partition coefficient (Wildman–Crippen LogP) is 2.85. The van der Waals surface area contributed by atoms with E-state index < -0.39 is 0 Å². The molecule has 0 radical (unpaired) electrons. The molecule has 1 rings (SSSR count). The van der Waals surface area contributed by atoms with Crippen molar-refractivity contribution >= 4 is 6.29 Å². The molecule has 0 bridgehead atoms. The van der Waals surface area contributed by atoms with Crippen LogP contribution in [0.3, 0.4) is 0 Å². The smallest absolute Gasteiger partial charge is 0.142 e. The van der Waals surface area contributed by atoms with E-state index in [1.54, 1.807) is 0 Å². The Morgan fingerprint density at radius 2 is 2.00 bits per heavy atom. The number of hydrogen-bond acceptors (Lipinski definition) is 1. The molecule has 0 aliphatic heterocycles. The van der Waals surface area contributed by atoms with Gasteiger partial charge in [-0.25, -0.2) is 0 Å². The second-order valence-electron chi connectivity index (χ2n) is 4.85. The molecule has 2 nitrogen and oxygen atoms in total. The Morgan fingerprint density at radius 3 is 2.36 bits per heavy atom. The summed E-state index contributed by atoms with van der Waals surface area (Å²) in [5.74, 6) is 0. The fraction of sp³-hybridized carbons (Fsp3) is 0.583. The zero-order valence-corrected chi connectivity index (χ0v) is 9.66. The third kappa shape index (κ3) is 1.89. The van der Waals surface area contributed by atoms with Crippen LogP contribution in [0.4, 0.5) is 0 Å². The van der Waals surface area contributed by atoms with Crippen molar-refractivity contribution in [3.05, 3.63) is 23.5 Å². The molecule has 78 valence electrons. The van der Waals surface area contributed by atoms with Gasteiger partial charge in [-0.1, -0.05) is 20.8 Å². The first-order valence-electron chi connectivity index (χ1n) is 5.01. The molecule has 0 aromatic carbocycles. The molecule has 0 saturated heterocycles. The maximum absolute atomic E-state index is 10.7. The van der Waals surface area contributed by atoms with Gasteiger partial charge in [-0.3, -0.25) is 0 Å². The summed E-state index contributed by atoms with van der Waals surface area (Å²) < 4.78 is 2.02. The molecule has 1 atom stereocenters. The number of hydrogen-bond donors (Lipinski definition) is 0. The van der Waals surface area contributed by atoms with E-state index in [2.05, 4.69) is 33.8 Å². The molecule has 0 fully saturated rings. The highest BCUT2D eigenvalue weighted by Gasteiger charge is 2.19. The average Bonchev–Trinajstić information content (AvgIpc) is 2.45. The largest absolute Gasteiger partial charge is 0.342 e. The van der Waals surface area contributed by atoms with Gasteiger partial charge in [-0.15, -0.1) is 0 Å². The molecule has 1 aromatic rings. The van der Waals surface area contributed by atoms with E-state index in [0.717, 1.165) is 6.29 Å². The first kappa shape index (κ1) is 11.0. The Labute approximate surface area is 85.9 Å². The zero-order valence-electron chi connectivity index (χ0n) is 9.66. The molecule has 2 heteroatoms. The number of rotatable bonds is 2. The SMILES string of the molecule is Cc1c(C(C)(C)C)ccn1C(C)C=O. The highest BCUT2D eigenvalue weighted by atomic mass is 16.1. The highest BCUT2D eigenvalue weighted by Crippen LogP contribution is 2.27. The van der Waals surface area contributed by atoms with E-state index in [9.17, 15) is 4.79 Å². The van der Waals surface area contributed by atoms with Gasteiger partial charge >= 0.3 is 0 Å². The second kappa shape index (κ2) is 3.60. The summed E-state index contributed by atoms with van der Waals surface area (Å²) >= 11 is 0. The maximum atomic E-state index is 10.7. The van der Waals surface area contributed by atoms with Crippen LogP contribution in [0.1, 0.15) is 45.0 Å². The molecule has 1 unspecified atom stereocenters. The van der Waals surface area contributed by atoms with Gasteiger partial charge in [0.1, 0.15) is 6.29 Å². The van der Waals surface area contributed by atoms with Crippen molar-refractivity contribution in [1.29, 1.82) is 0 Å². The quantitative estimate of drug-likeness (QED) is 0.662. The van der Waals surface area contributed by atoms with Gasteiger partial charge in [0.2, 0.25) is 0 Å². The minimum Gasteiger partial charge on any atom is -0.342 e. The number of carbonyl (C=O) groups is 1. The summed E-state index contributed by atoms with van der Waals surface area (Å²) in [5.41, 5.74) is 2.65. The van der Waals surface area contributed by atoms with Crippen LogP contribution in [-0.4, -0.2) is 10.9 Å². The third-order valence-corrected chi connectivity index (χ3v) is 2.62. The van der Waals surface area contributed by atoms with Crippen LogP contribution in [0.5, 0.6) is 0 Å². The summed E-state index contributed by atoms with van der Waals surface area (Å²) in [6.45, 7) is 10.5. The predicted molar refractivity (Wildman–Crippen MR) is 58.6 cm³/mol. The Morgan fingerprint density at radius 1 is 1.43 bits per heavy atom. The van der Waals surface area contributed by atoms with Crippen LogP contribution in [0.15, 0.2) is 12.3 Å². The minimum absolute atomic E-state index is 0.0638. The lowest BCUT2D eigenvalue weighted by Crippen LogP contribution is -2.14. The van der Waals surface area contributed by atoms with Crippen LogP contribution >= 0.6 is 0 Å². The minimum atomic E-state index is -0.0638. The molecular weight excluding hydrogens is 174 g/mol. The summed E-state index contributed by atoms with van der Waals surface area (Å²) in [4.78, 5) is 10.7. The monoisotopic (exact) mass is 193 g/mol. The highest BCUT2D eigenvalue weighted by molar-refractivity contribution is 5.55. The molecule has 0 aliphatic rings. The van der Waals surface area contributed by atoms with E-state index in [4.69, 9.17) is 0 Å². The van der Waals surface area contributed by atoms with Crippen LogP contribution < -0.4 is 0 Å². The normalized spacial score (nSPS) is 14.1. The standard InChI is InChI=1S/C12H19NO/c1-9(8-14)13-7-6-11(10(13)2)12(3,4)5/h6-9H,1-5H3. The van der Waals surface area contributed by atoms with Crippen LogP contribution in [0.25, 0.3) is 0 Å². The molecule has 0 spiro atoms. The lowest BCUT2D eigenvalue weighted by Gasteiger charge is -2.20.